The molecule has 0 aliphatic carbocycles. The van der Waals surface area contributed by atoms with E-state index >= 15 is 0 Å². The predicted octanol–water partition coefficient (Wildman–Crippen LogP) is 10.9. The summed E-state index contributed by atoms with van der Waals surface area (Å²) in [7, 11) is -4.71. The van der Waals surface area contributed by atoms with Gasteiger partial charge in [-0.15, -0.1) is 0 Å². The molecule has 12 heteroatoms. The number of allylic oxidation sites excluding steroid dienone is 2. The zero-order chi connectivity index (χ0) is 39.3. The highest BCUT2D eigenvalue weighted by molar-refractivity contribution is 7.47. The summed E-state index contributed by atoms with van der Waals surface area (Å²) in [4.78, 5) is 45.9. The number of carbonyl (C=O) groups excluding carboxylic acids is 2. The second kappa shape index (κ2) is 37.2. The van der Waals surface area contributed by atoms with Gasteiger partial charge in [0.15, 0.2) is 6.10 Å². The SMILES string of the molecule is CCCCCC/C=C\CCCCCCCC(=O)OC[C@H](COP(=O)(O)OC[C@H](N)C(=O)O)OC(=O)CCCCCCCCCCCCCCCCCC. The smallest absolute Gasteiger partial charge is 0.472 e. The van der Waals surface area contributed by atoms with Gasteiger partial charge in [-0.2, -0.15) is 0 Å². The van der Waals surface area contributed by atoms with Gasteiger partial charge < -0.3 is 25.2 Å². The third-order valence-corrected chi connectivity index (χ3v) is 10.2. The van der Waals surface area contributed by atoms with Crippen molar-refractivity contribution in [1.82, 2.24) is 0 Å². The lowest BCUT2D eigenvalue weighted by atomic mass is 10.0. The van der Waals surface area contributed by atoms with Crippen LogP contribution in [0.5, 0.6) is 0 Å². The highest BCUT2D eigenvalue weighted by Gasteiger charge is 2.28. The van der Waals surface area contributed by atoms with Gasteiger partial charge in [-0.3, -0.25) is 23.4 Å². The van der Waals surface area contributed by atoms with Crippen molar-refractivity contribution in [2.45, 2.75) is 212 Å². The molecule has 0 amide bonds. The number of carboxylic acids is 1. The molecule has 0 saturated heterocycles. The number of phosphoric acid groups is 1. The minimum atomic E-state index is -4.71. The zero-order valence-electron chi connectivity index (χ0n) is 33.6. The van der Waals surface area contributed by atoms with Crippen LogP contribution in [0.4, 0.5) is 0 Å². The van der Waals surface area contributed by atoms with Crippen LogP contribution in [0.25, 0.3) is 0 Å². The summed E-state index contributed by atoms with van der Waals surface area (Å²) < 4.78 is 32.6. The fourth-order valence-electron chi connectivity index (χ4n) is 5.88. The minimum absolute atomic E-state index is 0.165. The van der Waals surface area contributed by atoms with Crippen LogP contribution in [-0.4, -0.2) is 59.9 Å². The number of hydrogen-bond acceptors (Lipinski definition) is 9. The second-order valence-corrected chi connectivity index (χ2v) is 15.9. The van der Waals surface area contributed by atoms with Crippen molar-refractivity contribution in [2.24, 2.45) is 5.73 Å². The number of unbranched alkanes of at least 4 members (excludes halogenated alkanes) is 24. The fraction of sp³-hybridized carbons (Fsp3) is 0.878. The summed E-state index contributed by atoms with van der Waals surface area (Å²) in [5, 5.41) is 8.87. The minimum Gasteiger partial charge on any atom is -0.480 e. The van der Waals surface area contributed by atoms with E-state index in [0.29, 0.717) is 12.8 Å². The molecule has 0 saturated carbocycles. The van der Waals surface area contributed by atoms with Crippen molar-refractivity contribution in [3.8, 4) is 0 Å². The zero-order valence-corrected chi connectivity index (χ0v) is 34.5. The third kappa shape index (κ3) is 36.9. The second-order valence-electron chi connectivity index (χ2n) is 14.5. The number of carbonyl (C=O) groups is 3. The first-order valence-corrected chi connectivity index (χ1v) is 22.7. The van der Waals surface area contributed by atoms with Gasteiger partial charge in [0.25, 0.3) is 0 Å². The van der Waals surface area contributed by atoms with E-state index in [4.69, 9.17) is 24.8 Å². The molecule has 11 nitrogen and oxygen atoms in total. The average Bonchev–Trinajstić information content (AvgIpc) is 3.13. The first kappa shape index (κ1) is 51.2. The van der Waals surface area contributed by atoms with E-state index in [1.807, 2.05) is 0 Å². The maximum Gasteiger partial charge on any atom is 0.472 e. The first-order valence-electron chi connectivity index (χ1n) is 21.2. The summed E-state index contributed by atoms with van der Waals surface area (Å²) in [5.41, 5.74) is 5.33. The van der Waals surface area contributed by atoms with Gasteiger partial charge in [-0.05, 0) is 38.5 Å². The summed E-state index contributed by atoms with van der Waals surface area (Å²) in [6.07, 6.45) is 35.6. The highest BCUT2D eigenvalue weighted by Crippen LogP contribution is 2.43. The number of rotatable bonds is 40. The van der Waals surface area contributed by atoms with Crippen molar-refractivity contribution >= 4 is 25.7 Å². The van der Waals surface area contributed by atoms with E-state index < -0.39 is 51.1 Å². The van der Waals surface area contributed by atoms with Crippen LogP contribution >= 0.6 is 7.82 Å². The fourth-order valence-corrected chi connectivity index (χ4v) is 6.66. The molecule has 0 spiro atoms. The van der Waals surface area contributed by atoms with Gasteiger partial charge in [-0.1, -0.05) is 161 Å². The van der Waals surface area contributed by atoms with E-state index in [0.717, 1.165) is 57.8 Å². The molecule has 1 unspecified atom stereocenters. The maximum atomic E-state index is 12.6. The summed E-state index contributed by atoms with van der Waals surface area (Å²) in [5.74, 6) is -2.38. The van der Waals surface area contributed by atoms with Crippen LogP contribution < -0.4 is 5.73 Å². The largest absolute Gasteiger partial charge is 0.480 e. The van der Waals surface area contributed by atoms with E-state index in [2.05, 4.69) is 30.5 Å². The van der Waals surface area contributed by atoms with Crippen molar-refractivity contribution in [3.05, 3.63) is 12.2 Å². The van der Waals surface area contributed by atoms with Gasteiger partial charge in [0.1, 0.15) is 12.6 Å². The molecule has 0 aromatic heterocycles. The quantitative estimate of drug-likeness (QED) is 0.0234. The van der Waals surface area contributed by atoms with Crippen molar-refractivity contribution in [2.75, 3.05) is 19.8 Å². The van der Waals surface area contributed by atoms with Crippen LogP contribution in [0, 0.1) is 0 Å². The average molecular weight is 776 g/mol. The van der Waals surface area contributed by atoms with Gasteiger partial charge in [0.05, 0.1) is 13.2 Å². The molecule has 0 rings (SSSR count). The van der Waals surface area contributed by atoms with Crippen LogP contribution in [-0.2, 0) is 37.5 Å². The Morgan fingerprint density at radius 2 is 0.943 bits per heavy atom. The first-order chi connectivity index (χ1) is 25.6. The standard InChI is InChI=1S/C41H78NO10P/c1-3-5-7-9-11-13-15-17-18-19-21-23-25-27-29-31-33-40(44)52-37(35-50-53(47,48)51-36-38(42)41(45)46)34-49-39(43)32-30-28-26-24-22-20-16-14-12-10-8-6-4-2/h14,16,37-38H,3-13,15,17-36,42H2,1-2H3,(H,45,46)(H,47,48)/b16-14-/t37-,38+/m1/s1. The lowest BCUT2D eigenvalue weighted by molar-refractivity contribution is -0.161. The van der Waals surface area contributed by atoms with Gasteiger partial charge in [0.2, 0.25) is 0 Å². The monoisotopic (exact) mass is 776 g/mol. The molecule has 3 atom stereocenters. The van der Waals surface area contributed by atoms with E-state index in [-0.39, 0.29) is 19.4 Å². The number of aliphatic carboxylic acids is 1. The Hall–Kier alpha value is -1.78. The van der Waals surface area contributed by atoms with Crippen LogP contribution in [0.3, 0.4) is 0 Å². The normalized spacial score (nSPS) is 13.9. The van der Waals surface area contributed by atoms with Gasteiger partial charge in [0, 0.05) is 12.8 Å². The molecule has 4 N–H and O–H groups in total. The topological polar surface area (TPSA) is 172 Å². The number of phosphoric ester groups is 1. The lowest BCUT2D eigenvalue weighted by Crippen LogP contribution is -2.34. The van der Waals surface area contributed by atoms with Crippen LogP contribution in [0.15, 0.2) is 12.2 Å². The van der Waals surface area contributed by atoms with E-state index in [1.54, 1.807) is 0 Å². The molecule has 0 aromatic rings. The Balaban J connectivity index is 4.36. The Morgan fingerprint density at radius 3 is 1.40 bits per heavy atom. The molecule has 312 valence electrons. The van der Waals surface area contributed by atoms with Crippen molar-refractivity contribution < 1.29 is 47.5 Å². The summed E-state index contributed by atoms with van der Waals surface area (Å²) in [6, 6.07) is -1.52. The molecular weight excluding hydrogens is 697 g/mol. The predicted molar refractivity (Wildman–Crippen MR) is 213 cm³/mol. The number of nitrogens with two attached hydrogens (primary N) is 1. The number of ether oxygens (including phenoxy) is 2. The Kier molecular flexibility index (Phi) is 35.9. The molecule has 0 aliphatic heterocycles. The molecule has 0 aliphatic rings. The molecular formula is C41H78NO10P. The molecule has 0 aromatic carbocycles. The Bertz CT molecular complexity index is 963. The molecule has 53 heavy (non-hydrogen) atoms. The molecule has 0 fully saturated rings. The van der Waals surface area contributed by atoms with Crippen molar-refractivity contribution in [3.63, 3.8) is 0 Å². The van der Waals surface area contributed by atoms with E-state index in [9.17, 15) is 23.8 Å². The highest BCUT2D eigenvalue weighted by atomic mass is 31.2. The Morgan fingerprint density at radius 1 is 0.566 bits per heavy atom. The van der Waals surface area contributed by atoms with Crippen molar-refractivity contribution in [1.29, 1.82) is 0 Å². The molecule has 0 heterocycles. The lowest BCUT2D eigenvalue weighted by Gasteiger charge is -2.20. The third-order valence-electron chi connectivity index (χ3n) is 9.26. The number of esters is 2. The summed E-state index contributed by atoms with van der Waals surface area (Å²) in [6.45, 7) is 2.79. The molecule has 0 radical (unpaired) electrons. The molecule has 0 bridgehead atoms. The summed E-state index contributed by atoms with van der Waals surface area (Å²) >= 11 is 0. The van der Waals surface area contributed by atoms with Gasteiger partial charge in [-0.25, -0.2) is 4.57 Å². The number of carboxylic acid groups (broad SMARTS) is 1. The van der Waals surface area contributed by atoms with Gasteiger partial charge >= 0.3 is 25.7 Å². The van der Waals surface area contributed by atoms with E-state index in [1.165, 1.54) is 103 Å². The maximum absolute atomic E-state index is 12.6. The van der Waals surface area contributed by atoms with Crippen LogP contribution in [0.2, 0.25) is 0 Å². The number of hydrogen-bond donors (Lipinski definition) is 3. The Labute approximate surface area is 322 Å². The van der Waals surface area contributed by atoms with Crippen LogP contribution in [0.1, 0.15) is 200 Å².